The molecule has 0 amide bonds. The van der Waals surface area contributed by atoms with E-state index in [0.717, 1.165) is 47.4 Å². The first-order valence-electron chi connectivity index (χ1n) is 7.71. The summed E-state index contributed by atoms with van der Waals surface area (Å²) in [6, 6.07) is 4.21. The molecule has 3 aromatic rings. The van der Waals surface area contributed by atoms with Crippen molar-refractivity contribution < 1.29 is 9.64 Å². The Kier molecular flexibility index (Phi) is 4.02. The van der Waals surface area contributed by atoms with Gasteiger partial charge >= 0.3 is 0 Å². The Hall–Kier alpha value is -1.54. The minimum absolute atomic E-state index is 0.0332. The molecule has 0 saturated carbocycles. The Labute approximate surface area is 141 Å². The average Bonchev–Trinajstić information content (AvgIpc) is 3.24. The van der Waals surface area contributed by atoms with Crippen LogP contribution < -0.4 is 10.5 Å². The van der Waals surface area contributed by atoms with Crippen LogP contribution in [0.3, 0.4) is 0 Å². The van der Waals surface area contributed by atoms with Crippen molar-refractivity contribution in [3.63, 3.8) is 0 Å². The summed E-state index contributed by atoms with van der Waals surface area (Å²) in [7, 11) is 0. The number of ether oxygens (including phenoxy) is 1. The lowest BCUT2D eigenvalue weighted by Crippen LogP contribution is -3.14. The number of aromatic amines is 1. The molecule has 0 unspecified atom stereocenters. The number of hydrogen-bond acceptors (Lipinski definition) is 5. The molecule has 7 heteroatoms. The Morgan fingerprint density at radius 1 is 1.35 bits per heavy atom. The zero-order valence-electron chi connectivity index (χ0n) is 12.8. The number of thiophene rings is 2. The maximum Gasteiger partial charge on any atom is 0.260 e. The minimum Gasteiger partial charge on any atom is -0.370 e. The van der Waals surface area contributed by atoms with Crippen molar-refractivity contribution in [2.24, 2.45) is 0 Å². The van der Waals surface area contributed by atoms with Crippen molar-refractivity contribution in [2.45, 2.75) is 13.0 Å². The Morgan fingerprint density at radius 2 is 2.17 bits per heavy atom. The third-order valence-electron chi connectivity index (χ3n) is 4.41. The number of nitrogens with one attached hydrogen (secondary N) is 2. The fourth-order valence-corrected chi connectivity index (χ4v) is 4.81. The van der Waals surface area contributed by atoms with Crippen molar-refractivity contribution in [3.8, 4) is 10.4 Å². The second-order valence-electron chi connectivity index (χ2n) is 5.75. The van der Waals surface area contributed by atoms with E-state index in [1.54, 1.807) is 22.7 Å². The van der Waals surface area contributed by atoms with E-state index in [1.807, 2.05) is 22.9 Å². The predicted octanol–water partition coefficient (Wildman–Crippen LogP) is 1.69. The molecular formula is C16H18N3O2S2+. The molecule has 1 aliphatic rings. The highest BCUT2D eigenvalue weighted by atomic mass is 32.1. The van der Waals surface area contributed by atoms with Crippen LogP contribution >= 0.6 is 22.7 Å². The van der Waals surface area contributed by atoms with Crippen LogP contribution in [0.25, 0.3) is 20.7 Å². The number of H-pyrrole nitrogens is 1. The Balaban J connectivity index is 1.75. The Morgan fingerprint density at radius 3 is 2.91 bits per heavy atom. The lowest BCUT2D eigenvalue weighted by Gasteiger charge is -2.28. The van der Waals surface area contributed by atoms with E-state index in [0.29, 0.717) is 5.39 Å². The van der Waals surface area contributed by atoms with Crippen LogP contribution in [0.4, 0.5) is 0 Å². The highest BCUT2D eigenvalue weighted by molar-refractivity contribution is 7.18. The van der Waals surface area contributed by atoms with E-state index >= 15 is 0 Å². The highest BCUT2D eigenvalue weighted by Crippen LogP contribution is 2.33. The monoisotopic (exact) mass is 348 g/mol. The molecule has 4 rings (SSSR count). The van der Waals surface area contributed by atoms with E-state index < -0.39 is 0 Å². The summed E-state index contributed by atoms with van der Waals surface area (Å²) in [4.78, 5) is 23.8. The van der Waals surface area contributed by atoms with Crippen molar-refractivity contribution in [2.75, 3.05) is 26.3 Å². The molecule has 1 fully saturated rings. The molecular weight excluding hydrogens is 330 g/mol. The van der Waals surface area contributed by atoms with Gasteiger partial charge in [0.15, 0.2) is 5.82 Å². The van der Waals surface area contributed by atoms with E-state index in [9.17, 15) is 4.79 Å². The van der Waals surface area contributed by atoms with Crippen molar-refractivity contribution in [3.05, 3.63) is 39.1 Å². The van der Waals surface area contributed by atoms with Gasteiger partial charge in [0.05, 0.1) is 18.6 Å². The molecule has 4 heterocycles. The summed E-state index contributed by atoms with van der Waals surface area (Å²) in [6.07, 6.45) is 0. The van der Waals surface area contributed by atoms with Gasteiger partial charge < -0.3 is 14.6 Å². The maximum atomic E-state index is 12.6. The van der Waals surface area contributed by atoms with E-state index in [4.69, 9.17) is 9.72 Å². The summed E-state index contributed by atoms with van der Waals surface area (Å²) >= 11 is 3.19. The first kappa shape index (κ1) is 15.0. The van der Waals surface area contributed by atoms with Crippen molar-refractivity contribution in [1.29, 1.82) is 0 Å². The summed E-state index contributed by atoms with van der Waals surface area (Å²) in [6.45, 7) is 5.57. The molecule has 0 spiro atoms. The molecule has 5 nitrogen and oxygen atoms in total. The second-order valence-corrected chi connectivity index (χ2v) is 7.56. The molecule has 2 N–H and O–H groups in total. The van der Waals surface area contributed by atoms with E-state index in [-0.39, 0.29) is 11.6 Å². The fraction of sp³-hybridized carbons (Fsp3) is 0.375. The first-order chi connectivity index (χ1) is 11.2. The minimum atomic E-state index is -0.0332. The molecule has 23 heavy (non-hydrogen) atoms. The molecule has 0 aliphatic carbocycles. The van der Waals surface area contributed by atoms with Crippen LogP contribution in [0.1, 0.15) is 18.8 Å². The van der Waals surface area contributed by atoms with Gasteiger partial charge in [-0.15, -0.1) is 22.7 Å². The van der Waals surface area contributed by atoms with E-state index in [2.05, 4.69) is 11.9 Å². The molecule has 1 atom stereocenters. The molecule has 1 saturated heterocycles. The van der Waals surface area contributed by atoms with Crippen LogP contribution in [0, 0.1) is 0 Å². The standard InChI is InChI=1S/C16H17N3O2S2/c1-10(19-4-6-21-7-5-19)14-17-15(20)13-11(9-23-16(13)18-14)12-3-2-8-22-12/h2-3,8-10H,4-7H2,1H3,(H,17,18,20)/p+1/t10-/m1/s1. The van der Waals surface area contributed by atoms with Crippen LogP contribution in [0.5, 0.6) is 0 Å². The van der Waals surface area contributed by atoms with Gasteiger partial charge in [-0.25, -0.2) is 4.98 Å². The van der Waals surface area contributed by atoms with Crippen LogP contribution in [0.15, 0.2) is 27.7 Å². The van der Waals surface area contributed by atoms with Gasteiger partial charge in [0.2, 0.25) is 0 Å². The number of aromatic nitrogens is 2. The normalized spacial score (nSPS) is 17.6. The molecule has 1 aliphatic heterocycles. The predicted molar refractivity (Wildman–Crippen MR) is 93.5 cm³/mol. The number of hydrogen-bond donors (Lipinski definition) is 2. The van der Waals surface area contributed by atoms with Gasteiger partial charge in [0, 0.05) is 15.8 Å². The third kappa shape index (κ3) is 2.74. The number of quaternary nitrogens is 1. The van der Waals surface area contributed by atoms with Gasteiger partial charge in [-0.3, -0.25) is 4.79 Å². The summed E-state index contributed by atoms with van der Waals surface area (Å²) in [5.41, 5.74) is 0.959. The lowest BCUT2D eigenvalue weighted by molar-refractivity contribution is -0.937. The van der Waals surface area contributed by atoms with Crippen LogP contribution in [-0.2, 0) is 4.74 Å². The van der Waals surface area contributed by atoms with Gasteiger partial charge in [0.25, 0.3) is 5.56 Å². The van der Waals surface area contributed by atoms with E-state index in [1.165, 1.54) is 4.90 Å². The summed E-state index contributed by atoms with van der Waals surface area (Å²) in [5.74, 6) is 0.777. The maximum absolute atomic E-state index is 12.6. The lowest BCUT2D eigenvalue weighted by atomic mass is 10.2. The zero-order valence-corrected chi connectivity index (χ0v) is 14.4. The number of rotatable bonds is 3. The molecule has 0 radical (unpaired) electrons. The van der Waals surface area contributed by atoms with Gasteiger partial charge in [-0.2, -0.15) is 0 Å². The first-order valence-corrected chi connectivity index (χ1v) is 9.47. The molecule has 0 bridgehead atoms. The summed E-state index contributed by atoms with van der Waals surface area (Å²) < 4.78 is 5.41. The average molecular weight is 348 g/mol. The zero-order chi connectivity index (χ0) is 15.8. The second kappa shape index (κ2) is 6.16. The smallest absolute Gasteiger partial charge is 0.260 e. The largest absolute Gasteiger partial charge is 0.370 e. The van der Waals surface area contributed by atoms with Gasteiger partial charge in [-0.05, 0) is 18.4 Å². The summed E-state index contributed by atoms with van der Waals surface area (Å²) in [5, 5.41) is 4.78. The van der Waals surface area contributed by atoms with Crippen LogP contribution in [-0.4, -0.2) is 36.3 Å². The van der Waals surface area contributed by atoms with Crippen LogP contribution in [0.2, 0.25) is 0 Å². The van der Waals surface area contributed by atoms with Gasteiger partial charge in [-0.1, -0.05) is 6.07 Å². The topological polar surface area (TPSA) is 59.4 Å². The molecule has 120 valence electrons. The SMILES string of the molecule is C[C@H](c1nc2scc(-c3cccs3)c2c(=O)[nH]1)[NH+]1CCOCC1. The Bertz CT molecular complexity index is 863. The number of morpholine rings is 1. The highest BCUT2D eigenvalue weighted by Gasteiger charge is 2.25. The quantitative estimate of drug-likeness (QED) is 0.757. The third-order valence-corrected chi connectivity index (χ3v) is 6.18. The van der Waals surface area contributed by atoms with Crippen molar-refractivity contribution in [1.82, 2.24) is 9.97 Å². The molecule has 3 aromatic heterocycles. The fourth-order valence-electron chi connectivity index (χ4n) is 3.04. The van der Waals surface area contributed by atoms with Crippen molar-refractivity contribution >= 4 is 32.9 Å². The number of nitrogens with zero attached hydrogens (tertiary/aromatic N) is 1. The molecule has 0 aromatic carbocycles. The van der Waals surface area contributed by atoms with Gasteiger partial charge in [0.1, 0.15) is 24.0 Å². The number of fused-ring (bicyclic) bond motifs is 1.